The number of thiophene rings is 1. The maximum absolute atomic E-state index is 8.96. The Bertz CT molecular complexity index is 788. The fraction of sp³-hybridized carbons (Fsp3) is 0.0769. The Morgan fingerprint density at radius 3 is 3.00 bits per heavy atom. The molecule has 0 fully saturated rings. The second-order valence-electron chi connectivity index (χ2n) is 3.99. The normalized spacial score (nSPS) is 10.6. The topological polar surface area (TPSA) is 44.5 Å². The second-order valence-corrected chi connectivity index (χ2v) is 5.16. The van der Waals surface area contributed by atoms with E-state index in [9.17, 15) is 0 Å². The van der Waals surface area contributed by atoms with Crippen LogP contribution in [0.2, 0.25) is 0 Å². The van der Waals surface area contributed by atoms with E-state index in [1.807, 2.05) is 16.7 Å². The van der Waals surface area contributed by atoms with E-state index in [1.54, 1.807) is 17.4 Å². The number of hydrogen-bond acceptors (Lipinski definition) is 3. The van der Waals surface area contributed by atoms with Crippen LogP contribution in [0.15, 0.2) is 35.0 Å². The first-order valence-corrected chi connectivity index (χ1v) is 6.77. The molecule has 0 bridgehead atoms. The van der Waals surface area contributed by atoms with Crippen molar-refractivity contribution in [2.75, 3.05) is 0 Å². The van der Waals surface area contributed by atoms with Crippen LogP contribution in [-0.2, 0) is 6.54 Å². The Morgan fingerprint density at radius 2 is 2.28 bits per heavy atom. The number of fused-ring (bicyclic) bond motifs is 1. The Labute approximate surface area is 113 Å². The molecule has 88 valence electrons. The summed E-state index contributed by atoms with van der Waals surface area (Å²) in [6, 6.07) is 9.80. The number of nitrogens with zero attached hydrogens (tertiary/aromatic N) is 2. The molecule has 0 radical (unpaired) electrons. The Kier molecular flexibility index (Phi) is 2.74. The van der Waals surface area contributed by atoms with Crippen molar-refractivity contribution >= 4 is 34.6 Å². The fourth-order valence-corrected chi connectivity index (χ4v) is 2.88. The first-order valence-electron chi connectivity index (χ1n) is 5.41. The molecule has 0 aliphatic carbocycles. The highest BCUT2D eigenvalue weighted by Gasteiger charge is 2.06. The van der Waals surface area contributed by atoms with Crippen molar-refractivity contribution in [3.63, 3.8) is 0 Å². The predicted molar refractivity (Wildman–Crippen MR) is 75.3 cm³/mol. The van der Waals surface area contributed by atoms with E-state index in [2.05, 4.69) is 27.9 Å². The number of rotatable bonds is 2. The first-order chi connectivity index (χ1) is 8.78. The molecule has 3 nitrogen and oxygen atoms in total. The minimum absolute atomic E-state index is 0.649. The van der Waals surface area contributed by atoms with Gasteiger partial charge in [0.2, 0.25) is 0 Å². The summed E-state index contributed by atoms with van der Waals surface area (Å²) in [5, 5.41) is 13.1. The summed E-state index contributed by atoms with van der Waals surface area (Å²) in [5.74, 6) is 0. The number of benzene rings is 1. The maximum atomic E-state index is 8.96. The molecule has 0 aliphatic rings. The third kappa shape index (κ3) is 1.86. The molecule has 1 aromatic carbocycles. The number of aromatic amines is 1. The zero-order chi connectivity index (χ0) is 12.5. The van der Waals surface area contributed by atoms with Crippen molar-refractivity contribution < 1.29 is 0 Å². The van der Waals surface area contributed by atoms with Crippen LogP contribution in [0, 0.1) is 16.1 Å². The van der Waals surface area contributed by atoms with Gasteiger partial charge in [-0.05, 0) is 52.8 Å². The highest BCUT2D eigenvalue weighted by Crippen LogP contribution is 2.18. The smallest absolute Gasteiger partial charge is 0.178 e. The average molecular weight is 271 g/mol. The van der Waals surface area contributed by atoms with Gasteiger partial charge in [0.25, 0.3) is 0 Å². The second kappa shape index (κ2) is 4.41. The molecule has 0 saturated heterocycles. The summed E-state index contributed by atoms with van der Waals surface area (Å²) in [6.07, 6.45) is 0. The maximum Gasteiger partial charge on any atom is 0.178 e. The number of hydrogen-bond donors (Lipinski definition) is 1. The Morgan fingerprint density at radius 1 is 1.39 bits per heavy atom. The van der Waals surface area contributed by atoms with E-state index in [0.29, 0.717) is 10.3 Å². The monoisotopic (exact) mass is 271 g/mol. The minimum Gasteiger partial charge on any atom is -0.331 e. The van der Waals surface area contributed by atoms with Crippen LogP contribution >= 0.6 is 23.6 Å². The van der Waals surface area contributed by atoms with Gasteiger partial charge < -0.3 is 9.55 Å². The van der Waals surface area contributed by atoms with Crippen LogP contribution in [-0.4, -0.2) is 9.55 Å². The molecule has 2 heterocycles. The summed E-state index contributed by atoms with van der Waals surface area (Å²) in [7, 11) is 0. The van der Waals surface area contributed by atoms with Gasteiger partial charge in [0.1, 0.15) is 0 Å². The van der Waals surface area contributed by atoms with Crippen LogP contribution in [0.3, 0.4) is 0 Å². The van der Waals surface area contributed by atoms with Gasteiger partial charge in [-0.1, -0.05) is 0 Å². The number of nitriles is 1. The Balaban J connectivity index is 2.18. The van der Waals surface area contributed by atoms with Gasteiger partial charge in [0.15, 0.2) is 4.77 Å². The fourth-order valence-electron chi connectivity index (χ4n) is 1.94. The molecule has 3 aromatic rings. The van der Waals surface area contributed by atoms with Crippen molar-refractivity contribution in [2.24, 2.45) is 0 Å². The summed E-state index contributed by atoms with van der Waals surface area (Å²) < 4.78 is 2.71. The molecule has 0 saturated carbocycles. The average Bonchev–Trinajstić information content (AvgIpc) is 2.99. The lowest BCUT2D eigenvalue weighted by Crippen LogP contribution is -1.98. The van der Waals surface area contributed by atoms with Crippen LogP contribution in [0.5, 0.6) is 0 Å². The van der Waals surface area contributed by atoms with Gasteiger partial charge in [-0.15, -0.1) is 0 Å². The van der Waals surface area contributed by atoms with E-state index in [4.69, 9.17) is 17.5 Å². The van der Waals surface area contributed by atoms with Crippen LogP contribution in [0.4, 0.5) is 0 Å². The molecule has 0 atom stereocenters. The third-order valence-electron chi connectivity index (χ3n) is 2.83. The lowest BCUT2D eigenvalue weighted by Gasteiger charge is -2.02. The molecule has 0 aliphatic heterocycles. The highest BCUT2D eigenvalue weighted by molar-refractivity contribution is 7.71. The number of aromatic nitrogens is 2. The molecule has 5 heteroatoms. The van der Waals surface area contributed by atoms with Gasteiger partial charge in [0, 0.05) is 0 Å². The summed E-state index contributed by atoms with van der Waals surface area (Å²) in [4.78, 5) is 3.16. The summed E-state index contributed by atoms with van der Waals surface area (Å²) in [6.45, 7) is 0.733. The van der Waals surface area contributed by atoms with Crippen LogP contribution in [0.25, 0.3) is 11.0 Å². The van der Waals surface area contributed by atoms with E-state index in [0.717, 1.165) is 17.6 Å². The molecular formula is C13H9N3S2. The quantitative estimate of drug-likeness (QED) is 0.723. The predicted octanol–water partition coefficient (Wildman–Crippen LogP) is 3.68. The first kappa shape index (κ1) is 11.2. The molecule has 18 heavy (non-hydrogen) atoms. The lowest BCUT2D eigenvalue weighted by atomic mass is 10.2. The third-order valence-corrected chi connectivity index (χ3v) is 3.88. The molecule has 3 rings (SSSR count). The number of imidazole rings is 1. The van der Waals surface area contributed by atoms with Gasteiger partial charge >= 0.3 is 0 Å². The molecule has 0 unspecified atom stereocenters. The lowest BCUT2D eigenvalue weighted by molar-refractivity contribution is 0.813. The van der Waals surface area contributed by atoms with E-state index in [1.165, 1.54) is 5.56 Å². The zero-order valence-electron chi connectivity index (χ0n) is 9.38. The SMILES string of the molecule is N#Cc1ccc2[nH]c(=S)n(Cc3ccsc3)c2c1. The summed E-state index contributed by atoms with van der Waals surface area (Å²) >= 11 is 7.00. The van der Waals surface area contributed by atoms with Crippen molar-refractivity contribution in [1.82, 2.24) is 9.55 Å². The molecule has 0 amide bonds. The van der Waals surface area contributed by atoms with E-state index < -0.39 is 0 Å². The van der Waals surface area contributed by atoms with Gasteiger partial charge in [-0.25, -0.2) is 0 Å². The Hall–Kier alpha value is -1.90. The van der Waals surface area contributed by atoms with Gasteiger partial charge in [-0.2, -0.15) is 16.6 Å². The molecular weight excluding hydrogens is 262 g/mol. The molecule has 1 N–H and O–H groups in total. The standard InChI is InChI=1S/C13H9N3S2/c14-6-9-1-2-11-12(5-9)16(13(17)15-11)7-10-3-4-18-8-10/h1-5,8H,7H2,(H,15,17). The molecule has 2 aromatic heterocycles. The van der Waals surface area contributed by atoms with Crippen LogP contribution in [0.1, 0.15) is 11.1 Å². The van der Waals surface area contributed by atoms with Gasteiger partial charge in [0.05, 0.1) is 29.2 Å². The highest BCUT2D eigenvalue weighted by atomic mass is 32.1. The number of H-pyrrole nitrogens is 1. The number of nitrogens with one attached hydrogen (secondary N) is 1. The largest absolute Gasteiger partial charge is 0.331 e. The van der Waals surface area contributed by atoms with Crippen molar-refractivity contribution in [3.8, 4) is 6.07 Å². The molecule has 0 spiro atoms. The van der Waals surface area contributed by atoms with Gasteiger partial charge in [-0.3, -0.25) is 0 Å². The van der Waals surface area contributed by atoms with Crippen molar-refractivity contribution in [1.29, 1.82) is 5.26 Å². The minimum atomic E-state index is 0.649. The van der Waals surface area contributed by atoms with Crippen LogP contribution < -0.4 is 0 Å². The van der Waals surface area contributed by atoms with E-state index in [-0.39, 0.29) is 0 Å². The zero-order valence-corrected chi connectivity index (χ0v) is 11.0. The van der Waals surface area contributed by atoms with E-state index >= 15 is 0 Å². The van der Waals surface area contributed by atoms with Crippen molar-refractivity contribution in [3.05, 3.63) is 50.9 Å². The summed E-state index contributed by atoms with van der Waals surface area (Å²) in [5.41, 5.74) is 3.81. The van der Waals surface area contributed by atoms with Crippen molar-refractivity contribution in [2.45, 2.75) is 6.54 Å².